The van der Waals surface area contributed by atoms with E-state index in [4.69, 9.17) is 4.74 Å². The molecular formula is C20H21N3O5. The van der Waals surface area contributed by atoms with Crippen LogP contribution >= 0.6 is 0 Å². The van der Waals surface area contributed by atoms with Gasteiger partial charge >= 0.3 is 17.8 Å². The smallest absolute Gasteiger partial charge is 0.339 e. The van der Waals surface area contributed by atoms with E-state index >= 15 is 0 Å². The molecule has 0 saturated heterocycles. The molecule has 0 atom stereocenters. The minimum absolute atomic E-state index is 0.0382. The highest BCUT2D eigenvalue weighted by Gasteiger charge is 2.14. The lowest BCUT2D eigenvalue weighted by Crippen LogP contribution is -2.41. The lowest BCUT2D eigenvalue weighted by molar-refractivity contribution is -0.139. The zero-order valence-corrected chi connectivity index (χ0v) is 15.5. The van der Waals surface area contributed by atoms with Gasteiger partial charge in [0.25, 0.3) is 0 Å². The molecule has 0 unspecified atom stereocenters. The number of rotatable bonds is 7. The SMILES string of the molecule is CC(C)NC(=O)C(=O)N/N=C\c1ccc(OCc2ccccc2)c(C(=O)O)c1. The van der Waals surface area contributed by atoms with Crippen LogP contribution in [0.4, 0.5) is 0 Å². The maximum absolute atomic E-state index is 11.6. The van der Waals surface area contributed by atoms with Crippen LogP contribution in [0.3, 0.4) is 0 Å². The molecule has 28 heavy (non-hydrogen) atoms. The molecule has 0 bridgehead atoms. The average molecular weight is 383 g/mol. The molecule has 146 valence electrons. The number of nitrogens with one attached hydrogen (secondary N) is 2. The summed E-state index contributed by atoms with van der Waals surface area (Å²) in [7, 11) is 0. The summed E-state index contributed by atoms with van der Waals surface area (Å²) in [6.45, 7) is 3.68. The summed E-state index contributed by atoms with van der Waals surface area (Å²) in [6, 6.07) is 13.7. The van der Waals surface area contributed by atoms with Crippen LogP contribution < -0.4 is 15.5 Å². The highest BCUT2D eigenvalue weighted by molar-refractivity contribution is 6.35. The standard InChI is InChI=1S/C20H21N3O5/c1-13(2)22-18(24)19(25)23-21-11-15-8-9-17(16(10-15)20(26)27)28-12-14-6-4-3-5-7-14/h3-11,13H,12H2,1-2H3,(H,22,24)(H,23,25)(H,26,27)/b21-11-. The molecule has 0 spiro atoms. The fraction of sp³-hybridized carbons (Fsp3) is 0.200. The third kappa shape index (κ3) is 6.24. The molecule has 2 aromatic rings. The van der Waals surface area contributed by atoms with Crippen molar-refractivity contribution in [3.63, 3.8) is 0 Å². The number of ether oxygens (including phenoxy) is 1. The van der Waals surface area contributed by atoms with Crippen molar-refractivity contribution in [2.45, 2.75) is 26.5 Å². The number of carbonyl (C=O) groups is 3. The zero-order valence-electron chi connectivity index (χ0n) is 15.5. The van der Waals surface area contributed by atoms with Gasteiger partial charge in [-0.1, -0.05) is 30.3 Å². The maximum Gasteiger partial charge on any atom is 0.339 e. The van der Waals surface area contributed by atoms with Crippen LogP contribution in [0.2, 0.25) is 0 Å². The van der Waals surface area contributed by atoms with E-state index in [9.17, 15) is 19.5 Å². The van der Waals surface area contributed by atoms with E-state index in [-0.39, 0.29) is 24.0 Å². The van der Waals surface area contributed by atoms with Crippen molar-refractivity contribution in [2.24, 2.45) is 5.10 Å². The zero-order chi connectivity index (χ0) is 20.5. The Morgan fingerprint density at radius 3 is 2.46 bits per heavy atom. The van der Waals surface area contributed by atoms with Crippen molar-refractivity contribution < 1.29 is 24.2 Å². The highest BCUT2D eigenvalue weighted by Crippen LogP contribution is 2.21. The Morgan fingerprint density at radius 1 is 1.11 bits per heavy atom. The Balaban J connectivity index is 2.04. The van der Waals surface area contributed by atoms with Crippen LogP contribution in [0.25, 0.3) is 0 Å². The number of hydrogen-bond donors (Lipinski definition) is 3. The molecule has 0 saturated carbocycles. The van der Waals surface area contributed by atoms with Gasteiger partial charge in [0.1, 0.15) is 17.9 Å². The largest absolute Gasteiger partial charge is 0.488 e. The van der Waals surface area contributed by atoms with Gasteiger partial charge in [-0.2, -0.15) is 5.10 Å². The van der Waals surface area contributed by atoms with Crippen LogP contribution in [0.5, 0.6) is 5.75 Å². The average Bonchev–Trinajstić information content (AvgIpc) is 2.66. The molecule has 2 amide bonds. The molecule has 0 aliphatic carbocycles. The normalized spacial score (nSPS) is 10.7. The van der Waals surface area contributed by atoms with Crippen molar-refractivity contribution in [2.75, 3.05) is 0 Å². The second-order valence-corrected chi connectivity index (χ2v) is 6.16. The van der Waals surface area contributed by atoms with E-state index in [0.717, 1.165) is 5.56 Å². The van der Waals surface area contributed by atoms with Gasteiger partial charge in [-0.15, -0.1) is 0 Å². The van der Waals surface area contributed by atoms with Crippen molar-refractivity contribution >= 4 is 24.0 Å². The first-order valence-electron chi connectivity index (χ1n) is 8.54. The van der Waals surface area contributed by atoms with E-state index in [1.54, 1.807) is 19.9 Å². The molecule has 0 aliphatic rings. The van der Waals surface area contributed by atoms with Crippen LogP contribution in [0.1, 0.15) is 35.3 Å². The van der Waals surface area contributed by atoms with E-state index in [2.05, 4.69) is 15.8 Å². The minimum atomic E-state index is -1.15. The lowest BCUT2D eigenvalue weighted by Gasteiger charge is -2.10. The maximum atomic E-state index is 11.6. The number of benzene rings is 2. The number of carboxylic acid groups (broad SMARTS) is 1. The molecule has 8 nitrogen and oxygen atoms in total. The molecule has 0 heterocycles. The number of hydrogen-bond acceptors (Lipinski definition) is 5. The monoisotopic (exact) mass is 383 g/mol. The second kappa shape index (κ2) is 9.86. The Kier molecular flexibility index (Phi) is 7.27. The van der Waals surface area contributed by atoms with E-state index in [1.807, 2.05) is 30.3 Å². The fourth-order valence-electron chi connectivity index (χ4n) is 2.20. The molecular weight excluding hydrogens is 362 g/mol. The van der Waals surface area contributed by atoms with Crippen LogP contribution in [-0.2, 0) is 16.2 Å². The summed E-state index contributed by atoms with van der Waals surface area (Å²) in [5.74, 6) is -2.65. The van der Waals surface area contributed by atoms with Gasteiger partial charge in [0.15, 0.2) is 0 Å². The van der Waals surface area contributed by atoms with Crippen LogP contribution in [0, 0.1) is 0 Å². The summed E-state index contributed by atoms with van der Waals surface area (Å²) in [5.41, 5.74) is 3.38. The Labute approximate surface area is 162 Å². The molecule has 0 aromatic heterocycles. The van der Waals surface area contributed by atoms with E-state index in [1.165, 1.54) is 18.3 Å². The first kappa shape index (κ1) is 20.6. The van der Waals surface area contributed by atoms with Crippen LogP contribution in [-0.4, -0.2) is 35.1 Å². The number of amides is 2. The first-order valence-corrected chi connectivity index (χ1v) is 8.54. The van der Waals surface area contributed by atoms with Crippen molar-refractivity contribution in [3.8, 4) is 5.75 Å². The van der Waals surface area contributed by atoms with Gasteiger partial charge in [-0.3, -0.25) is 9.59 Å². The molecule has 2 rings (SSSR count). The second-order valence-electron chi connectivity index (χ2n) is 6.16. The molecule has 0 aliphatic heterocycles. The number of carboxylic acids is 1. The van der Waals surface area contributed by atoms with Gasteiger partial charge in [0.2, 0.25) is 0 Å². The number of hydrazone groups is 1. The number of nitrogens with zero attached hydrogens (tertiary/aromatic N) is 1. The quantitative estimate of drug-likeness (QED) is 0.384. The Hall–Kier alpha value is -3.68. The van der Waals surface area contributed by atoms with Crippen molar-refractivity contribution in [1.29, 1.82) is 0 Å². The van der Waals surface area contributed by atoms with Crippen LogP contribution in [0.15, 0.2) is 53.6 Å². The van der Waals surface area contributed by atoms with E-state index in [0.29, 0.717) is 5.56 Å². The topological polar surface area (TPSA) is 117 Å². The Bertz CT molecular complexity index is 879. The van der Waals surface area contributed by atoms with E-state index < -0.39 is 17.8 Å². The minimum Gasteiger partial charge on any atom is -0.488 e. The molecule has 2 aromatic carbocycles. The van der Waals surface area contributed by atoms with Crippen molar-refractivity contribution in [1.82, 2.24) is 10.7 Å². The molecule has 0 radical (unpaired) electrons. The van der Waals surface area contributed by atoms with Gasteiger partial charge in [-0.25, -0.2) is 10.2 Å². The summed E-state index contributed by atoms with van der Waals surface area (Å²) in [4.78, 5) is 34.6. The van der Waals surface area contributed by atoms with Gasteiger partial charge in [-0.05, 0) is 43.2 Å². The number of carbonyl (C=O) groups excluding carboxylic acids is 2. The lowest BCUT2D eigenvalue weighted by atomic mass is 10.1. The highest BCUT2D eigenvalue weighted by atomic mass is 16.5. The third-order valence-corrected chi connectivity index (χ3v) is 3.48. The third-order valence-electron chi connectivity index (χ3n) is 3.48. The fourth-order valence-corrected chi connectivity index (χ4v) is 2.20. The van der Waals surface area contributed by atoms with Gasteiger partial charge < -0.3 is 15.2 Å². The first-order chi connectivity index (χ1) is 13.4. The predicted molar refractivity (Wildman–Crippen MR) is 103 cm³/mol. The predicted octanol–water partition coefficient (Wildman–Crippen LogP) is 1.94. The summed E-state index contributed by atoms with van der Waals surface area (Å²) in [6.07, 6.45) is 1.24. The molecule has 8 heteroatoms. The molecule has 0 fully saturated rings. The summed E-state index contributed by atoms with van der Waals surface area (Å²) in [5, 5.41) is 15.5. The summed E-state index contributed by atoms with van der Waals surface area (Å²) >= 11 is 0. The Morgan fingerprint density at radius 2 is 1.82 bits per heavy atom. The van der Waals surface area contributed by atoms with Gasteiger partial charge in [0.05, 0.1) is 6.21 Å². The molecule has 3 N–H and O–H groups in total. The number of aromatic carboxylic acids is 1. The van der Waals surface area contributed by atoms with Gasteiger partial charge in [0, 0.05) is 6.04 Å². The summed E-state index contributed by atoms with van der Waals surface area (Å²) < 4.78 is 5.60. The van der Waals surface area contributed by atoms with Crippen molar-refractivity contribution in [3.05, 3.63) is 65.2 Å².